The van der Waals surface area contributed by atoms with Crippen molar-refractivity contribution in [2.75, 3.05) is 25.1 Å². The van der Waals surface area contributed by atoms with Crippen LogP contribution in [0.5, 0.6) is 5.75 Å². The number of nitrogens with one attached hydrogen (secondary N) is 1. The van der Waals surface area contributed by atoms with E-state index >= 15 is 0 Å². The number of rotatable bonds is 5. The SMILES string of the molecule is COc1ccc2snnc2c1S(=O)(=O)NC(=O)c1cc2c(F)cc(N3CCC3)cc2o1. The second-order valence-corrected chi connectivity index (χ2v) is 9.35. The molecule has 0 unspecified atom stereocenters. The number of methoxy groups -OCH3 is 1. The van der Waals surface area contributed by atoms with Gasteiger partial charge < -0.3 is 14.1 Å². The first-order chi connectivity index (χ1) is 14.9. The van der Waals surface area contributed by atoms with Crippen LogP contribution in [0.25, 0.3) is 21.2 Å². The lowest BCUT2D eigenvalue weighted by Gasteiger charge is -2.33. The molecular weight excluding hydrogens is 447 g/mol. The number of halogens is 1. The van der Waals surface area contributed by atoms with E-state index in [9.17, 15) is 17.6 Å². The molecule has 160 valence electrons. The minimum atomic E-state index is -4.39. The summed E-state index contributed by atoms with van der Waals surface area (Å²) in [5.74, 6) is -1.91. The van der Waals surface area contributed by atoms with Gasteiger partial charge >= 0.3 is 5.91 Å². The van der Waals surface area contributed by atoms with E-state index in [1.807, 2.05) is 9.62 Å². The Hall–Kier alpha value is -3.25. The van der Waals surface area contributed by atoms with Crippen LogP contribution >= 0.6 is 11.5 Å². The highest BCUT2D eigenvalue weighted by molar-refractivity contribution is 7.90. The van der Waals surface area contributed by atoms with Gasteiger partial charge in [-0.2, -0.15) is 0 Å². The number of carbonyl (C=O) groups is 1. The Morgan fingerprint density at radius 1 is 1.29 bits per heavy atom. The minimum absolute atomic E-state index is 0.00957. The summed E-state index contributed by atoms with van der Waals surface area (Å²) in [6.07, 6.45) is 1.02. The maximum atomic E-state index is 14.5. The van der Waals surface area contributed by atoms with Crippen molar-refractivity contribution < 1.29 is 26.8 Å². The van der Waals surface area contributed by atoms with Gasteiger partial charge in [0.15, 0.2) is 10.7 Å². The highest BCUT2D eigenvalue weighted by Gasteiger charge is 2.29. The third-order valence-corrected chi connectivity index (χ3v) is 7.15. The lowest BCUT2D eigenvalue weighted by Crippen LogP contribution is -2.36. The summed E-state index contributed by atoms with van der Waals surface area (Å²) >= 11 is 1.01. The summed E-state index contributed by atoms with van der Waals surface area (Å²) in [6.45, 7) is 1.63. The quantitative estimate of drug-likeness (QED) is 0.482. The number of carbonyl (C=O) groups excluding carboxylic acids is 1. The first kappa shape index (κ1) is 19.7. The number of benzene rings is 2. The predicted octanol–water partition coefficient (Wildman–Crippen LogP) is 2.91. The smallest absolute Gasteiger partial charge is 0.300 e. The fraction of sp³-hybridized carbons (Fsp3) is 0.211. The molecule has 0 radical (unpaired) electrons. The first-order valence-electron chi connectivity index (χ1n) is 9.21. The molecule has 1 fully saturated rings. The van der Waals surface area contributed by atoms with Crippen LogP contribution in [0.15, 0.2) is 39.6 Å². The zero-order valence-electron chi connectivity index (χ0n) is 16.1. The van der Waals surface area contributed by atoms with E-state index < -0.39 is 21.7 Å². The molecular formula is C19H15FN4O5S2. The highest BCUT2D eigenvalue weighted by atomic mass is 32.2. The zero-order chi connectivity index (χ0) is 21.8. The second kappa shape index (κ2) is 7.17. The van der Waals surface area contributed by atoms with Crippen LogP contribution in [0.4, 0.5) is 10.1 Å². The predicted molar refractivity (Wildman–Crippen MR) is 112 cm³/mol. The molecule has 5 rings (SSSR count). The number of fused-ring (bicyclic) bond motifs is 2. The molecule has 0 saturated carbocycles. The van der Waals surface area contributed by atoms with Crippen LogP contribution in [0, 0.1) is 5.82 Å². The monoisotopic (exact) mass is 462 g/mol. The van der Waals surface area contributed by atoms with Gasteiger partial charge in [0.25, 0.3) is 10.0 Å². The molecule has 2 aromatic heterocycles. The largest absolute Gasteiger partial charge is 0.495 e. The van der Waals surface area contributed by atoms with Crippen molar-refractivity contribution in [1.82, 2.24) is 14.3 Å². The molecule has 4 aromatic rings. The first-order valence-corrected chi connectivity index (χ1v) is 11.5. The summed E-state index contributed by atoms with van der Waals surface area (Å²) in [4.78, 5) is 14.4. The Bertz CT molecular complexity index is 1440. The minimum Gasteiger partial charge on any atom is -0.495 e. The summed E-state index contributed by atoms with van der Waals surface area (Å²) in [6, 6.07) is 7.26. The molecule has 2 aromatic carbocycles. The average Bonchev–Trinajstić information content (AvgIpc) is 3.32. The Kier molecular flexibility index (Phi) is 4.55. The van der Waals surface area contributed by atoms with Crippen molar-refractivity contribution in [2.24, 2.45) is 0 Å². The summed E-state index contributed by atoms with van der Waals surface area (Å²) in [5, 5.41) is 3.93. The van der Waals surface area contributed by atoms with Crippen LogP contribution in [-0.2, 0) is 10.0 Å². The van der Waals surface area contributed by atoms with Gasteiger partial charge in [0.2, 0.25) is 0 Å². The molecule has 0 spiro atoms. The third kappa shape index (κ3) is 3.27. The van der Waals surface area contributed by atoms with E-state index in [-0.39, 0.29) is 32.9 Å². The fourth-order valence-corrected chi connectivity index (χ4v) is 5.30. The van der Waals surface area contributed by atoms with Gasteiger partial charge in [-0.3, -0.25) is 4.79 Å². The molecule has 9 nitrogen and oxygen atoms in total. The maximum absolute atomic E-state index is 14.5. The Morgan fingerprint density at radius 2 is 2.10 bits per heavy atom. The summed E-state index contributed by atoms with van der Waals surface area (Å²) in [5.41, 5.74) is 0.893. The fourth-order valence-electron chi connectivity index (χ4n) is 3.40. The molecule has 3 heterocycles. The molecule has 12 heteroatoms. The highest BCUT2D eigenvalue weighted by Crippen LogP contribution is 2.33. The van der Waals surface area contributed by atoms with Gasteiger partial charge in [0.1, 0.15) is 22.7 Å². The van der Waals surface area contributed by atoms with Crippen molar-refractivity contribution in [2.45, 2.75) is 11.3 Å². The van der Waals surface area contributed by atoms with Crippen LogP contribution in [-0.4, -0.2) is 44.1 Å². The number of hydrogen-bond acceptors (Lipinski definition) is 9. The molecule has 1 aliphatic rings. The number of anilines is 1. The van der Waals surface area contributed by atoms with Crippen LogP contribution in [0.2, 0.25) is 0 Å². The van der Waals surface area contributed by atoms with Crippen LogP contribution in [0.1, 0.15) is 17.0 Å². The topological polar surface area (TPSA) is 115 Å². The Balaban J connectivity index is 1.50. The standard InChI is InChI=1S/C19H15FN4O5S2/c1-28-13-3-4-16-17(21-23-30-16)18(13)31(26,27)22-19(25)15-9-11-12(20)7-10(8-14(11)29-15)24-5-2-6-24/h3-4,7-9H,2,5-6H2,1H3,(H,22,25). The molecule has 31 heavy (non-hydrogen) atoms. The van der Waals surface area contributed by atoms with E-state index in [2.05, 4.69) is 9.59 Å². The second-order valence-electron chi connectivity index (χ2n) is 6.94. The lowest BCUT2D eigenvalue weighted by atomic mass is 10.1. The number of amides is 1. The van der Waals surface area contributed by atoms with Crippen molar-refractivity contribution in [1.29, 1.82) is 0 Å². The summed E-state index contributed by atoms with van der Waals surface area (Å²) in [7, 11) is -3.09. The van der Waals surface area contributed by atoms with Gasteiger partial charge in [-0.25, -0.2) is 17.5 Å². The molecule has 1 aliphatic heterocycles. The van der Waals surface area contributed by atoms with E-state index in [0.29, 0.717) is 10.4 Å². The number of sulfonamides is 1. The molecule has 1 N–H and O–H groups in total. The Morgan fingerprint density at radius 3 is 2.81 bits per heavy atom. The molecule has 0 aliphatic carbocycles. The number of nitrogens with zero attached hydrogens (tertiary/aromatic N) is 3. The number of hydrogen-bond donors (Lipinski definition) is 1. The normalized spacial score (nSPS) is 14.1. The van der Waals surface area contributed by atoms with Crippen molar-refractivity contribution >= 4 is 54.3 Å². The number of furan rings is 1. The van der Waals surface area contributed by atoms with Crippen molar-refractivity contribution in [3.63, 3.8) is 0 Å². The van der Waals surface area contributed by atoms with E-state index in [0.717, 1.165) is 31.0 Å². The Labute approximate surface area is 179 Å². The molecule has 0 atom stereocenters. The van der Waals surface area contributed by atoms with Crippen molar-refractivity contribution in [3.05, 3.63) is 41.9 Å². The van der Waals surface area contributed by atoms with Gasteiger partial charge in [-0.15, -0.1) is 5.10 Å². The van der Waals surface area contributed by atoms with Crippen LogP contribution < -0.4 is 14.4 Å². The number of aromatic nitrogens is 2. The van der Waals surface area contributed by atoms with E-state index in [4.69, 9.17) is 9.15 Å². The average molecular weight is 462 g/mol. The third-order valence-electron chi connectivity index (χ3n) is 5.07. The molecule has 0 bridgehead atoms. The zero-order valence-corrected chi connectivity index (χ0v) is 17.7. The number of ether oxygens (including phenoxy) is 1. The van der Waals surface area contributed by atoms with Crippen LogP contribution in [0.3, 0.4) is 0 Å². The van der Waals surface area contributed by atoms with Gasteiger partial charge in [0, 0.05) is 30.9 Å². The molecule has 1 saturated heterocycles. The van der Waals surface area contributed by atoms with E-state index in [1.165, 1.54) is 25.3 Å². The van der Waals surface area contributed by atoms with Gasteiger partial charge in [-0.05, 0) is 36.2 Å². The maximum Gasteiger partial charge on any atom is 0.300 e. The van der Waals surface area contributed by atoms with Crippen molar-refractivity contribution in [3.8, 4) is 5.75 Å². The molecule has 1 amide bonds. The lowest BCUT2D eigenvalue weighted by molar-refractivity contribution is 0.0956. The van der Waals surface area contributed by atoms with Gasteiger partial charge in [0.05, 0.1) is 17.2 Å². The van der Waals surface area contributed by atoms with Gasteiger partial charge in [-0.1, -0.05) is 4.49 Å². The van der Waals surface area contributed by atoms with E-state index in [1.54, 1.807) is 12.1 Å². The summed E-state index contributed by atoms with van der Waals surface area (Å²) < 4.78 is 57.3.